The minimum Gasteiger partial charge on any atom is -0.497 e. The number of benzene rings is 2. The molecule has 0 bridgehead atoms. The average molecular weight is 513 g/mol. The number of hydrogen-bond acceptors (Lipinski definition) is 7. The number of fused-ring (bicyclic) bond motifs is 1. The predicted molar refractivity (Wildman–Crippen MR) is 133 cm³/mol. The van der Waals surface area contributed by atoms with Crippen molar-refractivity contribution >= 4 is 17.4 Å². The van der Waals surface area contributed by atoms with Crippen LogP contribution >= 0.6 is 0 Å². The van der Waals surface area contributed by atoms with Crippen molar-refractivity contribution in [1.29, 1.82) is 0 Å². The fourth-order valence-electron chi connectivity index (χ4n) is 5.01. The smallest absolute Gasteiger partial charge is 0.416 e. The number of anilines is 2. The van der Waals surface area contributed by atoms with Crippen LogP contribution in [0.3, 0.4) is 0 Å². The van der Waals surface area contributed by atoms with Crippen LogP contribution in [0.4, 0.5) is 24.8 Å². The summed E-state index contributed by atoms with van der Waals surface area (Å²) in [6, 6.07) is 11.0. The number of piperazine rings is 1. The number of Topliss-reactive ketones (excluding diaryl/α,β-unsaturated/α-hetero) is 1. The summed E-state index contributed by atoms with van der Waals surface area (Å²) >= 11 is 0. The Morgan fingerprint density at radius 2 is 1.70 bits per heavy atom. The molecule has 1 aromatic heterocycles. The lowest BCUT2D eigenvalue weighted by atomic mass is 9.82. The first-order chi connectivity index (χ1) is 17.8. The quantitative estimate of drug-likeness (QED) is 0.489. The van der Waals surface area contributed by atoms with Crippen LogP contribution in [0.2, 0.25) is 0 Å². The van der Waals surface area contributed by atoms with E-state index in [1.165, 1.54) is 12.1 Å². The van der Waals surface area contributed by atoms with Crippen molar-refractivity contribution in [2.45, 2.75) is 24.9 Å². The predicted octanol–water partition coefficient (Wildman–Crippen LogP) is 4.75. The first-order valence-electron chi connectivity index (χ1n) is 12.0. The molecular weight excluding hydrogens is 485 g/mol. The van der Waals surface area contributed by atoms with Gasteiger partial charge in [0.05, 0.1) is 31.0 Å². The summed E-state index contributed by atoms with van der Waals surface area (Å²) in [5, 5.41) is 0. The Kier molecular flexibility index (Phi) is 6.66. The van der Waals surface area contributed by atoms with Gasteiger partial charge >= 0.3 is 6.18 Å². The Balaban J connectivity index is 1.32. The third-order valence-corrected chi connectivity index (χ3v) is 7.01. The molecule has 37 heavy (non-hydrogen) atoms. The number of hydrogen-bond donors (Lipinski definition) is 0. The van der Waals surface area contributed by atoms with Crippen LogP contribution in [0.15, 0.2) is 48.7 Å². The first-order valence-corrected chi connectivity index (χ1v) is 12.0. The summed E-state index contributed by atoms with van der Waals surface area (Å²) in [6.07, 6.45) is -1.86. The van der Waals surface area contributed by atoms with Crippen molar-refractivity contribution in [2.75, 3.05) is 50.2 Å². The van der Waals surface area contributed by atoms with E-state index in [0.717, 1.165) is 11.6 Å². The van der Waals surface area contributed by atoms with Gasteiger partial charge in [-0.3, -0.25) is 4.79 Å². The van der Waals surface area contributed by atoms with E-state index < -0.39 is 11.7 Å². The molecule has 0 spiro atoms. The van der Waals surface area contributed by atoms with Crippen molar-refractivity contribution in [3.8, 4) is 11.5 Å². The maximum atomic E-state index is 13.1. The summed E-state index contributed by atoms with van der Waals surface area (Å²) in [7, 11) is 3.18. The van der Waals surface area contributed by atoms with E-state index in [9.17, 15) is 18.0 Å². The summed E-state index contributed by atoms with van der Waals surface area (Å²) in [6.45, 7) is 2.18. The minimum absolute atomic E-state index is 0.00923. The molecule has 0 N–H and O–H groups in total. The number of ether oxygens (including phenoxy) is 2. The van der Waals surface area contributed by atoms with Gasteiger partial charge < -0.3 is 19.3 Å². The molecule has 2 aliphatic rings. The van der Waals surface area contributed by atoms with Gasteiger partial charge in [-0.2, -0.15) is 13.2 Å². The van der Waals surface area contributed by atoms with E-state index in [4.69, 9.17) is 14.5 Å². The molecular formula is C27H27F3N4O3. The Morgan fingerprint density at radius 3 is 2.41 bits per heavy atom. The zero-order valence-electron chi connectivity index (χ0n) is 20.6. The van der Waals surface area contributed by atoms with Crippen LogP contribution in [-0.2, 0) is 12.6 Å². The Labute approximate surface area is 212 Å². The largest absolute Gasteiger partial charge is 0.497 e. The number of methoxy groups -OCH3 is 2. The molecule has 1 fully saturated rings. The highest BCUT2D eigenvalue weighted by Gasteiger charge is 2.32. The molecule has 5 rings (SSSR count). The number of rotatable bonds is 5. The van der Waals surface area contributed by atoms with Crippen LogP contribution in [0.1, 0.15) is 39.5 Å². The summed E-state index contributed by atoms with van der Waals surface area (Å²) in [5.41, 5.74) is 2.05. The van der Waals surface area contributed by atoms with Crippen LogP contribution in [0.25, 0.3) is 0 Å². The molecule has 1 aliphatic heterocycles. The molecule has 3 aromatic rings. The van der Waals surface area contributed by atoms with Crippen molar-refractivity contribution in [2.24, 2.45) is 0 Å². The van der Waals surface area contributed by atoms with Gasteiger partial charge in [0.2, 0.25) is 5.95 Å². The molecule has 1 unspecified atom stereocenters. The number of carbonyl (C=O) groups excluding carboxylic acids is 1. The van der Waals surface area contributed by atoms with Crippen molar-refractivity contribution in [1.82, 2.24) is 9.97 Å². The fourth-order valence-corrected chi connectivity index (χ4v) is 5.01. The molecule has 10 heteroatoms. The second-order valence-electron chi connectivity index (χ2n) is 9.19. The molecule has 2 heterocycles. The summed E-state index contributed by atoms with van der Waals surface area (Å²) in [4.78, 5) is 26.1. The van der Waals surface area contributed by atoms with Gasteiger partial charge in [0.15, 0.2) is 5.78 Å². The van der Waals surface area contributed by atoms with Gasteiger partial charge in [-0.05, 0) is 36.2 Å². The molecule has 194 valence electrons. The molecule has 1 aliphatic carbocycles. The lowest BCUT2D eigenvalue weighted by Gasteiger charge is -2.36. The van der Waals surface area contributed by atoms with Crippen LogP contribution in [0.5, 0.6) is 11.5 Å². The van der Waals surface area contributed by atoms with Crippen LogP contribution < -0.4 is 19.3 Å². The zero-order chi connectivity index (χ0) is 26.2. The number of halogens is 3. The number of aromatic nitrogens is 2. The Bertz CT molecular complexity index is 1310. The van der Waals surface area contributed by atoms with Crippen LogP contribution in [-0.4, -0.2) is 56.1 Å². The van der Waals surface area contributed by atoms with Gasteiger partial charge in [0, 0.05) is 56.5 Å². The number of alkyl halides is 3. The maximum absolute atomic E-state index is 13.1. The number of carbonyl (C=O) groups is 1. The summed E-state index contributed by atoms with van der Waals surface area (Å²) in [5.74, 6) is 1.78. The highest BCUT2D eigenvalue weighted by atomic mass is 19.4. The Morgan fingerprint density at radius 1 is 0.946 bits per heavy atom. The van der Waals surface area contributed by atoms with Gasteiger partial charge in [0.25, 0.3) is 0 Å². The second kappa shape index (κ2) is 9.91. The van der Waals surface area contributed by atoms with Crippen molar-refractivity contribution in [3.63, 3.8) is 0 Å². The number of ketones is 1. The first kappa shape index (κ1) is 24.9. The van der Waals surface area contributed by atoms with Gasteiger partial charge in [-0.25, -0.2) is 9.97 Å². The van der Waals surface area contributed by atoms with Crippen molar-refractivity contribution in [3.05, 3.63) is 71.0 Å². The Hall–Kier alpha value is -3.82. The van der Waals surface area contributed by atoms with Gasteiger partial charge in [-0.1, -0.05) is 12.1 Å². The topological polar surface area (TPSA) is 67.8 Å². The van der Waals surface area contributed by atoms with Crippen LogP contribution in [0, 0.1) is 0 Å². The SMILES string of the molecule is COc1ccc(C2CC(=O)c3cnc(N4CCN(c5cccc(C(F)(F)F)c5)CC4)nc3C2)c(OC)c1. The van der Waals surface area contributed by atoms with E-state index in [1.807, 2.05) is 28.0 Å². The van der Waals surface area contributed by atoms with E-state index in [0.29, 0.717) is 73.4 Å². The highest BCUT2D eigenvalue weighted by molar-refractivity contribution is 5.98. The van der Waals surface area contributed by atoms with Gasteiger partial charge in [0.1, 0.15) is 11.5 Å². The highest BCUT2D eigenvalue weighted by Crippen LogP contribution is 2.38. The molecule has 1 saturated heterocycles. The molecule has 2 aromatic carbocycles. The summed E-state index contributed by atoms with van der Waals surface area (Å²) < 4.78 is 50.2. The molecule has 0 saturated carbocycles. The standard InChI is InChI=1S/C27H27F3N4O3/c1-36-20-6-7-21(25(15-20)37-2)17-12-23-22(24(35)13-17)16-31-26(32-23)34-10-8-33(9-11-34)19-5-3-4-18(14-19)27(28,29)30/h3-7,14-17H,8-13H2,1-2H3. The van der Waals surface area contributed by atoms with Crippen molar-refractivity contribution < 1.29 is 27.4 Å². The lowest BCUT2D eigenvalue weighted by molar-refractivity contribution is -0.137. The molecule has 0 amide bonds. The minimum atomic E-state index is -4.38. The molecule has 1 atom stereocenters. The average Bonchev–Trinajstić information content (AvgIpc) is 2.92. The fraction of sp³-hybridized carbons (Fsp3) is 0.370. The van der Waals surface area contributed by atoms with E-state index in [-0.39, 0.29) is 11.7 Å². The monoisotopic (exact) mass is 512 g/mol. The van der Waals surface area contributed by atoms with Gasteiger partial charge in [-0.15, -0.1) is 0 Å². The zero-order valence-corrected chi connectivity index (χ0v) is 20.6. The third-order valence-electron chi connectivity index (χ3n) is 7.01. The number of nitrogens with zero attached hydrogens (tertiary/aromatic N) is 4. The molecule has 0 radical (unpaired) electrons. The normalized spacial score (nSPS) is 18.0. The lowest BCUT2D eigenvalue weighted by Crippen LogP contribution is -2.47. The maximum Gasteiger partial charge on any atom is 0.416 e. The van der Waals surface area contributed by atoms with E-state index in [1.54, 1.807) is 26.5 Å². The second-order valence-corrected chi connectivity index (χ2v) is 9.19. The van der Waals surface area contributed by atoms with E-state index in [2.05, 4.69) is 4.98 Å². The molecule has 7 nitrogen and oxygen atoms in total. The third kappa shape index (κ3) is 5.05. The van der Waals surface area contributed by atoms with E-state index >= 15 is 0 Å².